The van der Waals surface area contributed by atoms with Crippen molar-refractivity contribution in [1.29, 1.82) is 0 Å². The fourth-order valence-corrected chi connectivity index (χ4v) is 3.78. The highest BCUT2D eigenvalue weighted by atomic mass is 16.5. The smallest absolute Gasteiger partial charge is 0.312 e. The molecule has 2 saturated carbocycles. The van der Waals surface area contributed by atoms with Crippen LogP contribution in [0.4, 0.5) is 0 Å². The van der Waals surface area contributed by atoms with Crippen molar-refractivity contribution in [3.05, 3.63) is 0 Å². The van der Waals surface area contributed by atoms with Crippen LogP contribution >= 0.6 is 0 Å². The third-order valence-corrected chi connectivity index (χ3v) is 5.05. The second kappa shape index (κ2) is 7.28. The molecule has 4 heteroatoms. The first-order chi connectivity index (χ1) is 10.1. The number of fused-ring (bicyclic) bond motifs is 2. The molecule has 3 atom stereocenters. The normalized spacial score (nSPS) is 30.4. The third kappa shape index (κ3) is 3.41. The molecule has 0 radical (unpaired) electrons. The third-order valence-electron chi connectivity index (χ3n) is 5.05. The van der Waals surface area contributed by atoms with E-state index in [0.717, 1.165) is 51.4 Å². The van der Waals surface area contributed by atoms with Crippen LogP contribution in [0.3, 0.4) is 0 Å². The van der Waals surface area contributed by atoms with Gasteiger partial charge in [0, 0.05) is 0 Å². The van der Waals surface area contributed by atoms with Crippen molar-refractivity contribution in [2.75, 3.05) is 13.2 Å². The molecule has 120 valence electrons. The van der Waals surface area contributed by atoms with E-state index in [1.165, 1.54) is 0 Å². The zero-order valence-electron chi connectivity index (χ0n) is 13.4. The summed E-state index contributed by atoms with van der Waals surface area (Å²) >= 11 is 0. The molecular formula is C17H28O4. The molecule has 2 aliphatic carbocycles. The SMILES string of the molecule is CCCCOC(=O)C1CC2CCC1(C(=O)OCCCC)C2. The number of carbonyl (C=O) groups excluding carboxylic acids is 2. The molecule has 2 rings (SSSR count). The molecule has 0 aromatic carbocycles. The van der Waals surface area contributed by atoms with Crippen LogP contribution in [0, 0.1) is 17.3 Å². The Labute approximate surface area is 127 Å². The highest BCUT2D eigenvalue weighted by molar-refractivity contribution is 5.86. The topological polar surface area (TPSA) is 52.6 Å². The van der Waals surface area contributed by atoms with Crippen molar-refractivity contribution in [2.24, 2.45) is 17.3 Å². The molecule has 2 aliphatic rings. The summed E-state index contributed by atoms with van der Waals surface area (Å²) in [6.07, 6.45) is 7.22. The monoisotopic (exact) mass is 296 g/mol. The van der Waals surface area contributed by atoms with Crippen LogP contribution in [0.1, 0.15) is 65.2 Å². The van der Waals surface area contributed by atoms with Crippen molar-refractivity contribution in [2.45, 2.75) is 65.2 Å². The first kappa shape index (κ1) is 16.3. The minimum absolute atomic E-state index is 0.159. The van der Waals surface area contributed by atoms with Gasteiger partial charge in [0.1, 0.15) is 0 Å². The number of hydrogen-bond acceptors (Lipinski definition) is 4. The Hall–Kier alpha value is -1.06. The molecule has 2 fully saturated rings. The Morgan fingerprint density at radius 2 is 1.76 bits per heavy atom. The first-order valence-electron chi connectivity index (χ1n) is 8.48. The molecule has 0 saturated heterocycles. The Morgan fingerprint density at radius 1 is 1.10 bits per heavy atom. The van der Waals surface area contributed by atoms with Gasteiger partial charge in [-0.1, -0.05) is 26.7 Å². The fourth-order valence-electron chi connectivity index (χ4n) is 3.78. The van der Waals surface area contributed by atoms with E-state index >= 15 is 0 Å². The molecule has 0 aliphatic heterocycles. The van der Waals surface area contributed by atoms with Crippen molar-refractivity contribution in [3.63, 3.8) is 0 Å². The van der Waals surface area contributed by atoms with E-state index in [1.807, 2.05) is 0 Å². The van der Waals surface area contributed by atoms with Gasteiger partial charge in [-0.25, -0.2) is 0 Å². The lowest BCUT2D eigenvalue weighted by Gasteiger charge is -2.31. The van der Waals surface area contributed by atoms with E-state index in [9.17, 15) is 9.59 Å². The molecule has 0 amide bonds. The van der Waals surface area contributed by atoms with Crippen molar-refractivity contribution < 1.29 is 19.1 Å². The van der Waals surface area contributed by atoms with Gasteiger partial charge in [-0.2, -0.15) is 0 Å². The lowest BCUT2D eigenvalue weighted by molar-refractivity contribution is -0.168. The average Bonchev–Trinajstić information content (AvgIpc) is 3.07. The van der Waals surface area contributed by atoms with Crippen LogP contribution in [0.25, 0.3) is 0 Å². The molecule has 3 unspecified atom stereocenters. The van der Waals surface area contributed by atoms with Gasteiger partial charge in [0.15, 0.2) is 0 Å². The molecular weight excluding hydrogens is 268 g/mol. The van der Waals surface area contributed by atoms with E-state index < -0.39 is 5.41 Å². The molecule has 0 heterocycles. The van der Waals surface area contributed by atoms with Gasteiger partial charge in [-0.15, -0.1) is 0 Å². The zero-order chi connectivity index (χ0) is 15.3. The zero-order valence-corrected chi connectivity index (χ0v) is 13.4. The molecule has 21 heavy (non-hydrogen) atoms. The van der Waals surface area contributed by atoms with Gasteiger partial charge in [0.05, 0.1) is 24.5 Å². The number of esters is 2. The van der Waals surface area contributed by atoms with Gasteiger partial charge in [0.2, 0.25) is 0 Å². The van der Waals surface area contributed by atoms with Crippen molar-refractivity contribution >= 4 is 11.9 Å². The number of hydrogen-bond donors (Lipinski definition) is 0. The van der Waals surface area contributed by atoms with Crippen molar-refractivity contribution in [3.8, 4) is 0 Å². The maximum Gasteiger partial charge on any atom is 0.312 e. The summed E-state index contributed by atoms with van der Waals surface area (Å²) in [5, 5.41) is 0. The number of unbranched alkanes of at least 4 members (excludes halogenated alkanes) is 2. The van der Waals surface area contributed by atoms with E-state index in [1.54, 1.807) is 0 Å². The Bertz CT molecular complexity index is 379. The summed E-state index contributed by atoms with van der Waals surface area (Å²) in [5.74, 6) is -0.124. The maximum atomic E-state index is 12.5. The standard InChI is InChI=1S/C17H28O4/c1-3-5-9-20-15(18)14-11-13-7-8-17(14,12-13)16(19)21-10-6-4-2/h13-14H,3-12H2,1-2H3. The lowest BCUT2D eigenvalue weighted by atomic mass is 9.75. The summed E-state index contributed by atoms with van der Waals surface area (Å²) in [6, 6.07) is 0. The quantitative estimate of drug-likeness (QED) is 0.508. The van der Waals surface area contributed by atoms with Crippen LogP contribution in [-0.4, -0.2) is 25.2 Å². The average molecular weight is 296 g/mol. The summed E-state index contributed by atoms with van der Waals surface area (Å²) in [4.78, 5) is 24.8. The maximum absolute atomic E-state index is 12.5. The van der Waals surface area contributed by atoms with E-state index in [4.69, 9.17) is 9.47 Å². The highest BCUT2D eigenvalue weighted by Gasteiger charge is 2.60. The van der Waals surface area contributed by atoms with Crippen LogP contribution in [0.15, 0.2) is 0 Å². The second-order valence-electron chi connectivity index (χ2n) is 6.56. The largest absolute Gasteiger partial charge is 0.465 e. The molecule has 0 aromatic rings. The van der Waals surface area contributed by atoms with E-state index in [2.05, 4.69) is 13.8 Å². The summed E-state index contributed by atoms with van der Waals surface area (Å²) < 4.78 is 10.8. The van der Waals surface area contributed by atoms with Crippen LogP contribution in [-0.2, 0) is 19.1 Å². The summed E-state index contributed by atoms with van der Waals surface area (Å²) in [5.41, 5.74) is -0.582. The van der Waals surface area contributed by atoms with E-state index in [0.29, 0.717) is 19.1 Å². The predicted molar refractivity (Wildman–Crippen MR) is 79.6 cm³/mol. The summed E-state index contributed by atoms with van der Waals surface area (Å²) in [6.45, 7) is 5.08. The van der Waals surface area contributed by atoms with Crippen LogP contribution in [0.2, 0.25) is 0 Å². The van der Waals surface area contributed by atoms with Crippen LogP contribution < -0.4 is 0 Å². The van der Waals surface area contributed by atoms with Gasteiger partial charge in [-0.3, -0.25) is 9.59 Å². The van der Waals surface area contributed by atoms with Crippen molar-refractivity contribution in [1.82, 2.24) is 0 Å². The summed E-state index contributed by atoms with van der Waals surface area (Å²) in [7, 11) is 0. The fraction of sp³-hybridized carbons (Fsp3) is 0.882. The lowest BCUT2D eigenvalue weighted by Crippen LogP contribution is -2.40. The Morgan fingerprint density at radius 3 is 2.38 bits per heavy atom. The predicted octanol–water partition coefficient (Wildman–Crippen LogP) is 3.48. The van der Waals surface area contributed by atoms with E-state index in [-0.39, 0.29) is 17.9 Å². The molecule has 2 bridgehead atoms. The minimum atomic E-state index is -0.582. The van der Waals surface area contributed by atoms with Gasteiger partial charge >= 0.3 is 11.9 Å². The Kier molecular flexibility index (Phi) is 5.65. The molecule has 0 aromatic heterocycles. The molecule has 0 N–H and O–H groups in total. The second-order valence-corrected chi connectivity index (χ2v) is 6.56. The number of carbonyl (C=O) groups is 2. The Balaban J connectivity index is 1.97. The molecule has 0 spiro atoms. The van der Waals surface area contributed by atoms with Gasteiger partial charge in [-0.05, 0) is 44.4 Å². The minimum Gasteiger partial charge on any atom is -0.465 e. The molecule has 4 nitrogen and oxygen atoms in total. The van der Waals surface area contributed by atoms with Crippen LogP contribution in [0.5, 0.6) is 0 Å². The number of rotatable bonds is 8. The first-order valence-corrected chi connectivity index (χ1v) is 8.48. The van der Waals surface area contributed by atoms with Gasteiger partial charge in [0.25, 0.3) is 0 Å². The highest BCUT2D eigenvalue weighted by Crippen LogP contribution is 2.58. The number of ether oxygens (including phenoxy) is 2. The van der Waals surface area contributed by atoms with Gasteiger partial charge < -0.3 is 9.47 Å².